The van der Waals surface area contributed by atoms with E-state index >= 15 is 0 Å². The Labute approximate surface area is 62.7 Å². The minimum absolute atomic E-state index is 0.111. The Morgan fingerprint density at radius 1 is 1.55 bits per heavy atom. The van der Waals surface area contributed by atoms with E-state index in [2.05, 4.69) is 4.98 Å². The first-order valence-corrected chi connectivity index (χ1v) is 2.92. The highest BCUT2D eigenvalue weighted by Gasteiger charge is 2.08. The molecule has 4 heteroatoms. The number of hydrogen-bond donors (Lipinski definition) is 1. The number of carboxylic acids is 1. The molecule has 0 amide bonds. The van der Waals surface area contributed by atoms with Crippen molar-refractivity contribution in [2.75, 3.05) is 0 Å². The van der Waals surface area contributed by atoms with Crippen LogP contribution in [0.4, 0.5) is 5.69 Å². The summed E-state index contributed by atoms with van der Waals surface area (Å²) in [4.78, 5) is 13.2. The lowest BCUT2D eigenvalue weighted by molar-refractivity contribution is 0.0697. The van der Waals surface area contributed by atoms with E-state index in [4.69, 9.17) is 10.5 Å². The van der Waals surface area contributed by atoms with Crippen molar-refractivity contribution < 1.29 is 9.90 Å². The molecule has 1 aromatic rings. The van der Waals surface area contributed by atoms with Crippen LogP contribution >= 0.6 is 0 Å². The molecule has 11 heavy (non-hydrogen) atoms. The highest BCUT2D eigenvalue weighted by Crippen LogP contribution is 2.13. The maximum atomic E-state index is 10.3. The zero-order chi connectivity index (χ0) is 8.27. The summed E-state index contributed by atoms with van der Waals surface area (Å²) in [5, 5.41) is 16.8. The van der Waals surface area contributed by atoms with E-state index in [0.29, 0.717) is 0 Å². The van der Waals surface area contributed by atoms with Crippen LogP contribution in [0.5, 0.6) is 0 Å². The number of diazo groups is 1. The monoisotopic (exact) mass is 149 g/mol. The van der Waals surface area contributed by atoms with Crippen molar-refractivity contribution in [3.8, 4) is 0 Å². The van der Waals surface area contributed by atoms with Crippen LogP contribution < -0.4 is 0 Å². The summed E-state index contributed by atoms with van der Waals surface area (Å²) in [6.45, 7) is 0. The maximum Gasteiger partial charge on any atom is 0.385 e. The first-order chi connectivity index (χ1) is 5.24. The van der Waals surface area contributed by atoms with Gasteiger partial charge in [-0.05, 0) is 6.07 Å². The zero-order valence-electron chi connectivity index (χ0n) is 5.56. The Morgan fingerprint density at radius 2 is 2.27 bits per heavy atom. The second-order valence-corrected chi connectivity index (χ2v) is 1.96. The van der Waals surface area contributed by atoms with Crippen molar-refractivity contribution >= 4 is 11.7 Å². The molecular weight excluding hydrogens is 144 g/mol. The molecule has 0 radical (unpaired) electrons. The normalized spacial score (nSPS) is 8.64. The van der Waals surface area contributed by atoms with E-state index in [9.17, 15) is 4.79 Å². The standard InChI is InChI=1S/C7H4N2O2/c8-9-6-3-1-2-5(4-6)7(10)11/h1-4H/p+1. The highest BCUT2D eigenvalue weighted by molar-refractivity contribution is 5.88. The van der Waals surface area contributed by atoms with Gasteiger partial charge in [0.25, 0.3) is 0 Å². The minimum atomic E-state index is -1.03. The minimum Gasteiger partial charge on any atom is -0.478 e. The van der Waals surface area contributed by atoms with Gasteiger partial charge in [-0.1, -0.05) is 6.07 Å². The molecule has 0 saturated heterocycles. The van der Waals surface area contributed by atoms with Crippen molar-refractivity contribution in [1.29, 1.82) is 5.39 Å². The van der Waals surface area contributed by atoms with Crippen LogP contribution in [-0.2, 0) is 0 Å². The molecule has 0 aromatic heterocycles. The Kier molecular flexibility index (Phi) is 1.83. The lowest BCUT2D eigenvalue weighted by Gasteiger charge is -1.86. The lowest BCUT2D eigenvalue weighted by atomic mass is 10.2. The molecule has 0 bridgehead atoms. The average Bonchev–Trinajstić information content (AvgIpc) is 2.05. The molecule has 0 aliphatic heterocycles. The third-order valence-electron chi connectivity index (χ3n) is 1.21. The number of nitrogens with zero attached hydrogens (tertiary/aromatic N) is 2. The zero-order valence-corrected chi connectivity index (χ0v) is 5.56. The second kappa shape index (κ2) is 2.80. The van der Waals surface area contributed by atoms with Crippen molar-refractivity contribution in [1.82, 2.24) is 0 Å². The number of carbonyl (C=O) groups is 1. The molecule has 1 aromatic carbocycles. The van der Waals surface area contributed by atoms with Gasteiger partial charge in [-0.3, -0.25) is 0 Å². The Balaban J connectivity index is 3.13. The molecule has 0 aliphatic rings. The van der Waals surface area contributed by atoms with Crippen LogP contribution in [0.1, 0.15) is 10.4 Å². The van der Waals surface area contributed by atoms with Crippen LogP contribution in [0.25, 0.3) is 4.98 Å². The van der Waals surface area contributed by atoms with Crippen LogP contribution in [0.3, 0.4) is 0 Å². The molecule has 0 aliphatic carbocycles. The van der Waals surface area contributed by atoms with Gasteiger partial charge in [-0.15, -0.1) is 0 Å². The maximum absolute atomic E-state index is 10.3. The average molecular weight is 149 g/mol. The van der Waals surface area contributed by atoms with E-state index in [1.807, 2.05) is 0 Å². The third-order valence-corrected chi connectivity index (χ3v) is 1.21. The van der Waals surface area contributed by atoms with Gasteiger partial charge in [-0.25, -0.2) is 4.79 Å². The third kappa shape index (κ3) is 1.52. The predicted molar refractivity (Wildman–Crippen MR) is 38.1 cm³/mol. The van der Waals surface area contributed by atoms with Gasteiger partial charge in [0.05, 0.1) is 5.56 Å². The van der Waals surface area contributed by atoms with Gasteiger partial charge >= 0.3 is 11.7 Å². The van der Waals surface area contributed by atoms with E-state index in [-0.39, 0.29) is 11.3 Å². The molecular formula is C7H5N2O2+. The van der Waals surface area contributed by atoms with Crippen molar-refractivity contribution in [2.45, 2.75) is 0 Å². The first kappa shape index (κ1) is 7.22. The molecule has 1 N–H and O–H groups in total. The molecule has 54 valence electrons. The fourth-order valence-electron chi connectivity index (χ4n) is 0.701. The Hall–Kier alpha value is -1.89. The summed E-state index contributed by atoms with van der Waals surface area (Å²) in [6.07, 6.45) is 0. The summed E-state index contributed by atoms with van der Waals surface area (Å²) in [7, 11) is 0. The summed E-state index contributed by atoms with van der Waals surface area (Å²) in [5.74, 6) is -1.03. The van der Waals surface area contributed by atoms with Crippen molar-refractivity contribution in [3.05, 3.63) is 34.8 Å². The molecule has 0 saturated carbocycles. The van der Waals surface area contributed by atoms with Gasteiger partial charge in [-0.2, -0.15) is 0 Å². The molecule has 0 fully saturated rings. The molecule has 0 heterocycles. The lowest BCUT2D eigenvalue weighted by Crippen LogP contribution is -1.93. The smallest absolute Gasteiger partial charge is 0.385 e. The summed E-state index contributed by atoms with van der Waals surface area (Å²) < 4.78 is 0. The first-order valence-electron chi connectivity index (χ1n) is 2.92. The van der Waals surface area contributed by atoms with Crippen molar-refractivity contribution in [3.63, 3.8) is 0 Å². The molecule has 0 atom stereocenters. The van der Waals surface area contributed by atoms with Gasteiger partial charge in [0, 0.05) is 12.1 Å². The van der Waals surface area contributed by atoms with Crippen LogP contribution in [0.2, 0.25) is 0 Å². The SMILES string of the molecule is N#[N+]c1cccc(C(=O)O)c1. The fourth-order valence-corrected chi connectivity index (χ4v) is 0.701. The number of benzene rings is 1. The molecule has 0 unspecified atom stereocenters. The van der Waals surface area contributed by atoms with E-state index in [1.54, 1.807) is 0 Å². The largest absolute Gasteiger partial charge is 0.478 e. The van der Waals surface area contributed by atoms with E-state index < -0.39 is 5.97 Å². The van der Waals surface area contributed by atoms with Crippen LogP contribution in [0, 0.1) is 5.39 Å². The van der Waals surface area contributed by atoms with E-state index in [1.165, 1.54) is 24.3 Å². The van der Waals surface area contributed by atoms with Gasteiger partial charge < -0.3 is 5.11 Å². The highest BCUT2D eigenvalue weighted by atomic mass is 16.4. The fraction of sp³-hybridized carbons (Fsp3) is 0. The van der Waals surface area contributed by atoms with Gasteiger partial charge in [0.15, 0.2) is 4.98 Å². The van der Waals surface area contributed by atoms with Crippen molar-refractivity contribution in [2.24, 2.45) is 0 Å². The summed E-state index contributed by atoms with van der Waals surface area (Å²) in [5.41, 5.74) is 0.352. The topological polar surface area (TPSA) is 65.5 Å². The molecule has 1 rings (SSSR count). The number of carboxylic acid groups (broad SMARTS) is 1. The Bertz CT molecular complexity index is 327. The van der Waals surface area contributed by atoms with Crippen LogP contribution in [-0.4, -0.2) is 11.1 Å². The Morgan fingerprint density at radius 3 is 2.82 bits per heavy atom. The van der Waals surface area contributed by atoms with Gasteiger partial charge in [0.2, 0.25) is 5.39 Å². The van der Waals surface area contributed by atoms with Gasteiger partial charge in [0.1, 0.15) is 0 Å². The quantitative estimate of drug-likeness (QED) is 0.620. The number of hydrogen-bond acceptors (Lipinski definition) is 2. The summed E-state index contributed by atoms with van der Waals surface area (Å²) >= 11 is 0. The van der Waals surface area contributed by atoms with Crippen LogP contribution in [0.15, 0.2) is 24.3 Å². The molecule has 4 nitrogen and oxygen atoms in total. The van der Waals surface area contributed by atoms with E-state index in [0.717, 1.165) is 0 Å². The second-order valence-electron chi connectivity index (χ2n) is 1.96. The summed E-state index contributed by atoms with van der Waals surface area (Å²) in [6, 6.07) is 5.73. The number of rotatable bonds is 1. The molecule has 0 spiro atoms. The predicted octanol–water partition coefficient (Wildman–Crippen LogP) is 1.87. The number of aromatic carboxylic acids is 1.